The van der Waals surface area contributed by atoms with Crippen LogP contribution in [0.4, 0.5) is 28.6 Å². The molecular weight excluding hydrogens is 709 g/mol. The van der Waals surface area contributed by atoms with Crippen LogP contribution in [0.25, 0.3) is 0 Å². The molecule has 0 spiro atoms. The van der Waals surface area contributed by atoms with E-state index in [-0.39, 0.29) is 10.7 Å². The first kappa shape index (κ1) is 38.1. The van der Waals surface area contributed by atoms with Crippen LogP contribution in [0.5, 0.6) is 0 Å². The Labute approximate surface area is 310 Å². The summed E-state index contributed by atoms with van der Waals surface area (Å²) in [6.45, 7) is 3.86. The molecule has 0 atom stereocenters. The van der Waals surface area contributed by atoms with Crippen molar-refractivity contribution in [2.24, 2.45) is 11.5 Å². The summed E-state index contributed by atoms with van der Waals surface area (Å²) in [5, 5.41) is 7.51. The minimum absolute atomic E-state index is 0.249. The lowest BCUT2D eigenvalue weighted by molar-refractivity contribution is 0.0992. The number of carbonyl (C=O) groups excluding carboxylic acids is 2. The fraction of sp³-hybridized carbons (Fsp3) is 0.0811. The summed E-state index contributed by atoms with van der Waals surface area (Å²) in [4.78, 5) is 39.6. The number of amides is 2. The number of hydrogen-bond acceptors (Lipinski definition) is 9. The van der Waals surface area contributed by atoms with E-state index in [9.17, 15) is 9.59 Å². The Bertz CT molecular complexity index is 2130. The van der Waals surface area contributed by atoms with Crippen molar-refractivity contribution in [2.45, 2.75) is 20.3 Å². The number of nitrogen functional groups attached to an aromatic ring is 1. The number of halogens is 3. The van der Waals surface area contributed by atoms with Gasteiger partial charge >= 0.3 is 0 Å². The van der Waals surface area contributed by atoms with Gasteiger partial charge in [-0.3, -0.25) is 19.6 Å². The molecule has 4 aromatic heterocycles. The number of primary amides is 2. The molecule has 0 aliphatic heterocycles. The first-order chi connectivity index (χ1) is 24.4. The van der Waals surface area contributed by atoms with Gasteiger partial charge in [-0.2, -0.15) is 0 Å². The molecule has 0 aliphatic carbocycles. The van der Waals surface area contributed by atoms with Gasteiger partial charge in [0.15, 0.2) is 0 Å². The predicted molar refractivity (Wildman–Crippen MR) is 205 cm³/mol. The van der Waals surface area contributed by atoms with Crippen molar-refractivity contribution in [3.05, 3.63) is 159 Å². The molecule has 4 heterocycles. The first-order valence-corrected chi connectivity index (χ1v) is 16.4. The summed E-state index contributed by atoms with van der Waals surface area (Å²) in [6.07, 6.45) is 3.36. The number of para-hydroxylation sites is 2. The summed E-state index contributed by atoms with van der Waals surface area (Å²) < 4.78 is 0. The van der Waals surface area contributed by atoms with Crippen LogP contribution >= 0.6 is 34.8 Å². The average Bonchev–Trinajstić information content (AvgIpc) is 3.07. The Balaban J connectivity index is 0.000000194. The van der Waals surface area contributed by atoms with Gasteiger partial charge in [0, 0.05) is 41.6 Å². The van der Waals surface area contributed by atoms with E-state index in [0.29, 0.717) is 50.6 Å². The molecule has 2 aromatic carbocycles. The predicted octanol–water partition coefficient (Wildman–Crippen LogP) is 8.07. The number of nitrogens with zero attached hydrogens (tertiary/aromatic N) is 4. The molecule has 14 heteroatoms. The second kappa shape index (κ2) is 18.3. The van der Waals surface area contributed by atoms with Gasteiger partial charge in [-0.05, 0) is 74.5 Å². The van der Waals surface area contributed by atoms with Gasteiger partial charge in [-0.1, -0.05) is 71.2 Å². The summed E-state index contributed by atoms with van der Waals surface area (Å²) in [5.41, 5.74) is 22.6. The van der Waals surface area contributed by atoms with Crippen molar-refractivity contribution in [3.8, 4) is 0 Å². The number of aromatic nitrogens is 4. The first-order valence-electron chi connectivity index (χ1n) is 15.3. The van der Waals surface area contributed by atoms with Gasteiger partial charge in [0.1, 0.15) is 11.0 Å². The summed E-state index contributed by atoms with van der Waals surface area (Å²) in [6, 6.07) is 29.2. The number of pyridine rings is 4. The zero-order valence-corrected chi connectivity index (χ0v) is 29.8. The molecule has 0 unspecified atom stereocenters. The number of rotatable bonds is 8. The van der Waals surface area contributed by atoms with E-state index in [4.69, 9.17) is 52.0 Å². The number of nitrogens with two attached hydrogens (primary N) is 3. The van der Waals surface area contributed by atoms with Gasteiger partial charge in [-0.15, -0.1) is 0 Å². The fourth-order valence-corrected chi connectivity index (χ4v) is 5.01. The molecule has 2 amide bonds. The van der Waals surface area contributed by atoms with Crippen molar-refractivity contribution in [2.75, 3.05) is 16.4 Å². The highest BCUT2D eigenvalue weighted by molar-refractivity contribution is 6.34. The number of hydrogen-bond donors (Lipinski definition) is 5. The molecule has 51 heavy (non-hydrogen) atoms. The van der Waals surface area contributed by atoms with Crippen LogP contribution in [0.15, 0.2) is 109 Å². The number of benzene rings is 2. The van der Waals surface area contributed by atoms with Crippen LogP contribution in [0.2, 0.25) is 15.2 Å². The maximum Gasteiger partial charge on any atom is 0.252 e. The third-order valence-electron chi connectivity index (χ3n) is 6.87. The minimum Gasteiger partial charge on any atom is -0.384 e. The van der Waals surface area contributed by atoms with E-state index in [1.54, 1.807) is 30.3 Å². The zero-order valence-electron chi connectivity index (χ0n) is 27.6. The van der Waals surface area contributed by atoms with Crippen molar-refractivity contribution in [1.82, 2.24) is 19.9 Å². The third kappa shape index (κ3) is 11.7. The number of nitrogens with one attached hydrogen (secondary N) is 2. The van der Waals surface area contributed by atoms with Crippen molar-refractivity contribution in [1.29, 1.82) is 0 Å². The van der Waals surface area contributed by atoms with Crippen LogP contribution in [-0.4, -0.2) is 31.8 Å². The van der Waals surface area contributed by atoms with Gasteiger partial charge < -0.3 is 27.8 Å². The molecule has 260 valence electrons. The average molecular weight is 743 g/mol. The van der Waals surface area contributed by atoms with E-state index < -0.39 is 11.8 Å². The molecule has 11 nitrogen and oxygen atoms in total. The second-order valence-electron chi connectivity index (χ2n) is 10.9. The maximum atomic E-state index is 11.7. The molecule has 0 bridgehead atoms. The van der Waals surface area contributed by atoms with Gasteiger partial charge in [0.05, 0.1) is 43.9 Å². The molecule has 0 radical (unpaired) electrons. The van der Waals surface area contributed by atoms with E-state index in [2.05, 4.69) is 30.6 Å². The Hall–Kier alpha value is -5.75. The lowest BCUT2D eigenvalue weighted by atomic mass is 10.1. The summed E-state index contributed by atoms with van der Waals surface area (Å²) >= 11 is 18.0. The van der Waals surface area contributed by atoms with E-state index in [0.717, 1.165) is 22.8 Å². The zero-order chi connectivity index (χ0) is 36.9. The number of anilines is 5. The molecule has 6 rings (SSSR count). The third-order valence-corrected chi connectivity index (χ3v) is 7.73. The van der Waals surface area contributed by atoms with Crippen molar-refractivity contribution < 1.29 is 9.59 Å². The highest BCUT2D eigenvalue weighted by Crippen LogP contribution is 2.29. The van der Waals surface area contributed by atoms with Crippen LogP contribution in [0.3, 0.4) is 0 Å². The van der Waals surface area contributed by atoms with Crippen LogP contribution in [0, 0.1) is 13.8 Å². The lowest BCUT2D eigenvalue weighted by Crippen LogP contribution is -2.14. The summed E-state index contributed by atoms with van der Waals surface area (Å²) in [5.74, 6) is -0.555. The monoisotopic (exact) mass is 741 g/mol. The molecule has 6 aromatic rings. The van der Waals surface area contributed by atoms with Crippen molar-refractivity contribution in [3.63, 3.8) is 0 Å². The molecule has 0 saturated carbocycles. The normalized spacial score (nSPS) is 10.1. The molecule has 0 saturated heterocycles. The Morgan fingerprint density at radius 3 is 1.61 bits per heavy atom. The molecule has 0 fully saturated rings. The summed E-state index contributed by atoms with van der Waals surface area (Å²) in [7, 11) is 0. The lowest BCUT2D eigenvalue weighted by Gasteiger charge is -2.13. The maximum absolute atomic E-state index is 11.7. The fourth-order valence-electron chi connectivity index (χ4n) is 4.49. The highest BCUT2D eigenvalue weighted by Gasteiger charge is 2.13. The molecular formula is C37H34Cl3N9O2. The Morgan fingerprint density at radius 2 is 1.12 bits per heavy atom. The Kier molecular flexibility index (Phi) is 13.7. The van der Waals surface area contributed by atoms with Crippen LogP contribution in [0.1, 0.15) is 43.5 Å². The molecule has 0 aliphatic rings. The Morgan fingerprint density at radius 1 is 0.608 bits per heavy atom. The van der Waals surface area contributed by atoms with Gasteiger partial charge in [-0.25, -0.2) is 9.97 Å². The number of carbonyl (C=O) groups is 2. The van der Waals surface area contributed by atoms with Crippen molar-refractivity contribution >= 4 is 75.2 Å². The van der Waals surface area contributed by atoms with Gasteiger partial charge in [0.2, 0.25) is 0 Å². The molecule has 8 N–H and O–H groups in total. The minimum atomic E-state index is -0.589. The van der Waals surface area contributed by atoms with E-state index in [1.165, 1.54) is 18.5 Å². The van der Waals surface area contributed by atoms with Gasteiger partial charge in [0.25, 0.3) is 11.8 Å². The standard InChI is InChI=1S/C19H17ClN4O.C12H9Cl2N3O.C6H8N2/c1-12-5-4-6-13(23-12)9-14-10-18(15(11-22-14)19(21)25)24-17-8-3-2-7-16(17)20;13-8-3-1-2-4-9(8)17-10-5-11(14)16-6-7(10)12(15)18;1-5-3-2-4-6(7)8-5/h2-8,10-11H,9H2,1H3,(H2,21,25)(H,22,24);1-6H,(H2,15,18)(H,16,17);2-4H,1H3,(H2,7,8). The largest absolute Gasteiger partial charge is 0.384 e. The van der Waals surface area contributed by atoms with Crippen LogP contribution in [-0.2, 0) is 6.42 Å². The van der Waals surface area contributed by atoms with E-state index in [1.807, 2.05) is 74.5 Å². The second-order valence-corrected chi connectivity index (χ2v) is 12.1. The quantitative estimate of drug-likeness (QED) is 0.0961. The highest BCUT2D eigenvalue weighted by atomic mass is 35.5. The van der Waals surface area contributed by atoms with Crippen LogP contribution < -0.4 is 27.8 Å². The van der Waals surface area contributed by atoms with E-state index >= 15 is 0 Å². The smallest absolute Gasteiger partial charge is 0.252 e. The SMILES string of the molecule is Cc1cccc(Cc2cc(Nc3ccccc3Cl)c(C(N)=O)cn2)n1.Cc1cccc(N)n1.NC(=O)c1cnc(Cl)cc1Nc1ccccc1Cl. The topological polar surface area (TPSA) is 188 Å². The number of aryl methyl sites for hydroxylation is 2.